The zero-order chi connectivity index (χ0) is 20.4. The number of aromatic nitrogens is 3. The zero-order valence-corrected chi connectivity index (χ0v) is 17.2. The molecule has 3 heterocycles. The highest BCUT2D eigenvalue weighted by atomic mass is 16.5. The summed E-state index contributed by atoms with van der Waals surface area (Å²) in [6.07, 6.45) is 1.04. The molecule has 0 spiro atoms. The molecule has 0 radical (unpaired) electrons. The standard InChI is InChI=1S/C22H27N5O2/c1-15-14-21-23-16(2)20(17(3)27(21)25-15)8-9-22(28)24-18-4-6-19(7-5-18)26-10-12-29-13-11-26/h4-7,14H,8-13H2,1-3H3,(H,24,28). The largest absolute Gasteiger partial charge is 0.378 e. The topological polar surface area (TPSA) is 71.8 Å². The highest BCUT2D eigenvalue weighted by molar-refractivity contribution is 5.91. The molecule has 7 nitrogen and oxygen atoms in total. The summed E-state index contributed by atoms with van der Waals surface area (Å²) in [6.45, 7) is 9.31. The van der Waals surface area contributed by atoms with Crippen LogP contribution in [0.4, 0.5) is 11.4 Å². The van der Waals surface area contributed by atoms with Gasteiger partial charge in [0.05, 0.1) is 18.9 Å². The number of carbonyl (C=O) groups excluding carboxylic acids is 1. The van der Waals surface area contributed by atoms with Crippen molar-refractivity contribution in [3.63, 3.8) is 0 Å². The lowest BCUT2D eigenvalue weighted by atomic mass is 10.1. The van der Waals surface area contributed by atoms with Crippen LogP contribution < -0.4 is 10.2 Å². The van der Waals surface area contributed by atoms with E-state index in [-0.39, 0.29) is 5.91 Å². The molecule has 1 saturated heterocycles. The molecule has 1 amide bonds. The second-order valence-electron chi connectivity index (χ2n) is 7.51. The lowest BCUT2D eigenvalue weighted by Crippen LogP contribution is -2.36. The molecule has 7 heteroatoms. The van der Waals surface area contributed by atoms with Crippen molar-refractivity contribution in [2.24, 2.45) is 0 Å². The van der Waals surface area contributed by atoms with Gasteiger partial charge < -0.3 is 15.0 Å². The van der Waals surface area contributed by atoms with Gasteiger partial charge in [0, 0.05) is 48.3 Å². The predicted molar refractivity (Wildman–Crippen MR) is 114 cm³/mol. The Morgan fingerprint density at radius 1 is 1.14 bits per heavy atom. The van der Waals surface area contributed by atoms with Crippen molar-refractivity contribution in [2.75, 3.05) is 36.5 Å². The minimum Gasteiger partial charge on any atom is -0.378 e. The molecule has 4 rings (SSSR count). The first-order valence-corrected chi connectivity index (χ1v) is 10.1. The molecule has 0 bridgehead atoms. The summed E-state index contributed by atoms with van der Waals surface area (Å²) >= 11 is 0. The molecule has 2 aromatic heterocycles. The molecule has 1 N–H and O–H groups in total. The van der Waals surface area contributed by atoms with Crippen LogP contribution in [0.25, 0.3) is 5.65 Å². The lowest BCUT2D eigenvalue weighted by molar-refractivity contribution is -0.116. The van der Waals surface area contributed by atoms with Gasteiger partial charge in [0.2, 0.25) is 5.91 Å². The van der Waals surface area contributed by atoms with Crippen molar-refractivity contribution in [1.29, 1.82) is 0 Å². The number of hydrogen-bond acceptors (Lipinski definition) is 5. The highest BCUT2D eigenvalue weighted by Crippen LogP contribution is 2.20. The molecular weight excluding hydrogens is 366 g/mol. The Morgan fingerprint density at radius 3 is 2.59 bits per heavy atom. The van der Waals surface area contributed by atoms with E-state index in [0.29, 0.717) is 12.8 Å². The number of fused-ring (bicyclic) bond motifs is 1. The number of nitrogens with one attached hydrogen (secondary N) is 1. The molecule has 0 aliphatic carbocycles. The summed E-state index contributed by atoms with van der Waals surface area (Å²) in [4.78, 5) is 19.4. The maximum Gasteiger partial charge on any atom is 0.224 e. The maximum absolute atomic E-state index is 12.5. The van der Waals surface area contributed by atoms with Gasteiger partial charge in [-0.15, -0.1) is 0 Å². The van der Waals surface area contributed by atoms with Gasteiger partial charge in [-0.3, -0.25) is 4.79 Å². The number of benzene rings is 1. The number of anilines is 2. The maximum atomic E-state index is 12.5. The van der Waals surface area contributed by atoms with Crippen molar-refractivity contribution in [3.8, 4) is 0 Å². The minimum atomic E-state index is -0.000310. The first kappa shape index (κ1) is 19.4. The van der Waals surface area contributed by atoms with Crippen LogP contribution in [-0.2, 0) is 16.0 Å². The molecule has 3 aromatic rings. The Hall–Kier alpha value is -2.93. The molecule has 0 unspecified atom stereocenters. The Bertz CT molecular complexity index is 1020. The summed E-state index contributed by atoms with van der Waals surface area (Å²) in [7, 11) is 0. The molecule has 29 heavy (non-hydrogen) atoms. The number of carbonyl (C=O) groups is 1. The van der Waals surface area contributed by atoms with E-state index in [1.54, 1.807) is 0 Å². The Kier molecular flexibility index (Phi) is 5.49. The van der Waals surface area contributed by atoms with E-state index in [0.717, 1.165) is 66.0 Å². The third kappa shape index (κ3) is 4.24. The number of amides is 1. The van der Waals surface area contributed by atoms with E-state index in [4.69, 9.17) is 4.74 Å². The van der Waals surface area contributed by atoms with E-state index in [2.05, 4.69) is 20.3 Å². The molecule has 0 saturated carbocycles. The summed E-state index contributed by atoms with van der Waals surface area (Å²) in [5, 5.41) is 7.50. The van der Waals surface area contributed by atoms with Gasteiger partial charge in [0.1, 0.15) is 0 Å². The average Bonchev–Trinajstić information content (AvgIpc) is 3.09. The third-order valence-electron chi connectivity index (χ3n) is 5.42. The quantitative estimate of drug-likeness (QED) is 0.721. The monoisotopic (exact) mass is 393 g/mol. The molecule has 1 aromatic carbocycles. The van der Waals surface area contributed by atoms with E-state index in [9.17, 15) is 4.79 Å². The second kappa shape index (κ2) is 8.21. The van der Waals surface area contributed by atoms with Crippen molar-refractivity contribution in [1.82, 2.24) is 14.6 Å². The fourth-order valence-electron chi connectivity index (χ4n) is 3.84. The van der Waals surface area contributed by atoms with E-state index in [1.807, 2.05) is 55.6 Å². The van der Waals surface area contributed by atoms with Gasteiger partial charge in [-0.25, -0.2) is 9.50 Å². The molecular formula is C22H27N5O2. The Balaban J connectivity index is 1.38. The second-order valence-corrected chi connectivity index (χ2v) is 7.51. The van der Waals surface area contributed by atoms with Gasteiger partial charge in [0.15, 0.2) is 5.65 Å². The third-order valence-corrected chi connectivity index (χ3v) is 5.42. The van der Waals surface area contributed by atoms with Crippen molar-refractivity contribution >= 4 is 22.9 Å². The minimum absolute atomic E-state index is 0.000310. The van der Waals surface area contributed by atoms with Gasteiger partial charge in [-0.2, -0.15) is 5.10 Å². The van der Waals surface area contributed by atoms with E-state index in [1.165, 1.54) is 0 Å². The number of hydrogen-bond donors (Lipinski definition) is 1. The van der Waals surface area contributed by atoms with Crippen LogP contribution in [0.3, 0.4) is 0 Å². The van der Waals surface area contributed by atoms with Crippen LogP contribution in [0.5, 0.6) is 0 Å². The van der Waals surface area contributed by atoms with Gasteiger partial charge in [-0.05, 0) is 57.0 Å². The summed E-state index contributed by atoms with van der Waals surface area (Å²) in [6, 6.07) is 9.98. The normalized spacial score (nSPS) is 14.4. The Morgan fingerprint density at radius 2 is 1.86 bits per heavy atom. The lowest BCUT2D eigenvalue weighted by Gasteiger charge is -2.28. The van der Waals surface area contributed by atoms with Crippen LogP contribution in [0, 0.1) is 20.8 Å². The smallest absolute Gasteiger partial charge is 0.224 e. The molecule has 0 atom stereocenters. The first-order chi connectivity index (χ1) is 14.0. The van der Waals surface area contributed by atoms with Crippen LogP contribution in [0.2, 0.25) is 0 Å². The van der Waals surface area contributed by atoms with Gasteiger partial charge in [0.25, 0.3) is 0 Å². The van der Waals surface area contributed by atoms with Crippen LogP contribution in [-0.4, -0.2) is 46.8 Å². The highest BCUT2D eigenvalue weighted by Gasteiger charge is 2.14. The predicted octanol–water partition coefficient (Wildman–Crippen LogP) is 3.06. The van der Waals surface area contributed by atoms with Crippen LogP contribution in [0.1, 0.15) is 29.1 Å². The number of ether oxygens (including phenoxy) is 1. The SMILES string of the molecule is Cc1cc2nc(C)c(CCC(=O)Nc3ccc(N4CCOCC4)cc3)c(C)n2n1. The molecule has 1 fully saturated rings. The van der Waals surface area contributed by atoms with Crippen molar-refractivity contribution in [2.45, 2.75) is 33.6 Å². The van der Waals surface area contributed by atoms with Crippen molar-refractivity contribution in [3.05, 3.63) is 53.0 Å². The van der Waals surface area contributed by atoms with E-state index < -0.39 is 0 Å². The fraction of sp³-hybridized carbons (Fsp3) is 0.409. The number of aryl methyl sites for hydroxylation is 3. The molecule has 1 aliphatic heterocycles. The number of nitrogens with zero attached hydrogens (tertiary/aromatic N) is 4. The first-order valence-electron chi connectivity index (χ1n) is 10.1. The Labute approximate surface area is 170 Å². The number of rotatable bonds is 5. The summed E-state index contributed by atoms with van der Waals surface area (Å²) in [5.41, 5.74) is 6.85. The van der Waals surface area contributed by atoms with Crippen LogP contribution >= 0.6 is 0 Å². The van der Waals surface area contributed by atoms with Gasteiger partial charge >= 0.3 is 0 Å². The van der Waals surface area contributed by atoms with Crippen molar-refractivity contribution < 1.29 is 9.53 Å². The van der Waals surface area contributed by atoms with Crippen LogP contribution in [0.15, 0.2) is 30.3 Å². The summed E-state index contributed by atoms with van der Waals surface area (Å²) < 4.78 is 7.26. The molecule has 1 aliphatic rings. The fourth-order valence-corrected chi connectivity index (χ4v) is 3.84. The molecule has 152 valence electrons. The average molecular weight is 393 g/mol. The van der Waals surface area contributed by atoms with Gasteiger partial charge in [-0.1, -0.05) is 0 Å². The van der Waals surface area contributed by atoms with E-state index >= 15 is 0 Å². The zero-order valence-electron chi connectivity index (χ0n) is 17.2. The number of morpholine rings is 1. The summed E-state index contributed by atoms with van der Waals surface area (Å²) in [5.74, 6) is -0.000310.